The van der Waals surface area contributed by atoms with Crippen LogP contribution in [0.1, 0.15) is 6.42 Å². The van der Waals surface area contributed by atoms with Crippen molar-refractivity contribution >= 4 is 44.6 Å². The van der Waals surface area contributed by atoms with E-state index >= 15 is 0 Å². The van der Waals surface area contributed by atoms with Crippen molar-refractivity contribution in [2.75, 3.05) is 37.2 Å². The molecule has 2 N–H and O–H groups in total. The lowest BCUT2D eigenvalue weighted by Gasteiger charge is -2.19. The minimum absolute atomic E-state index is 0.0746. The summed E-state index contributed by atoms with van der Waals surface area (Å²) in [5.74, 6) is -0.254. The van der Waals surface area contributed by atoms with Crippen LogP contribution in [-0.4, -0.2) is 46.8 Å². The quantitative estimate of drug-likeness (QED) is 0.659. The highest BCUT2D eigenvalue weighted by Crippen LogP contribution is 2.36. The van der Waals surface area contributed by atoms with Crippen molar-refractivity contribution in [3.05, 3.63) is 35.4 Å². The lowest BCUT2D eigenvalue weighted by molar-refractivity contribution is -0.118. The first kappa shape index (κ1) is 21.7. The summed E-state index contributed by atoms with van der Waals surface area (Å²) in [7, 11) is -0.963. The van der Waals surface area contributed by atoms with Gasteiger partial charge in [0.2, 0.25) is 5.91 Å². The Hall–Kier alpha value is -2.98. The summed E-state index contributed by atoms with van der Waals surface area (Å²) in [5, 5.41) is 5.09. The van der Waals surface area contributed by atoms with E-state index in [4.69, 9.17) is 25.8 Å². The minimum atomic E-state index is -3.90. The lowest BCUT2D eigenvalue weighted by Crippen LogP contribution is -2.25. The van der Waals surface area contributed by atoms with Crippen LogP contribution in [0.3, 0.4) is 0 Å². The second kappa shape index (κ2) is 8.80. The molecule has 160 valence electrons. The van der Waals surface area contributed by atoms with Crippen LogP contribution in [0.5, 0.6) is 17.2 Å². The number of amides is 2. The van der Waals surface area contributed by atoms with Gasteiger partial charge in [-0.25, -0.2) is 8.42 Å². The maximum atomic E-state index is 12.7. The van der Waals surface area contributed by atoms with Gasteiger partial charge >= 0.3 is 0 Å². The predicted molar refractivity (Wildman–Crippen MR) is 110 cm³/mol. The number of carbonyl (C=O) groups excluding carboxylic acids is 2. The molecule has 0 spiro atoms. The van der Waals surface area contributed by atoms with Gasteiger partial charge in [0.25, 0.3) is 5.91 Å². The number of fused-ring (bicyclic) bond motifs is 1. The molecule has 0 atom stereocenters. The molecule has 0 radical (unpaired) electrons. The van der Waals surface area contributed by atoms with Crippen LogP contribution in [0.15, 0.2) is 35.2 Å². The van der Waals surface area contributed by atoms with E-state index in [0.717, 1.165) is 0 Å². The van der Waals surface area contributed by atoms with E-state index in [9.17, 15) is 18.0 Å². The average Bonchev–Trinajstić information content (AvgIpc) is 2.71. The van der Waals surface area contributed by atoms with Crippen LogP contribution in [-0.2, 0) is 19.4 Å². The van der Waals surface area contributed by atoms with Crippen LogP contribution < -0.4 is 24.8 Å². The number of hydrogen-bond acceptors (Lipinski definition) is 7. The van der Waals surface area contributed by atoms with Crippen LogP contribution in [0.2, 0.25) is 5.02 Å². The molecule has 9 nitrogen and oxygen atoms in total. The van der Waals surface area contributed by atoms with Gasteiger partial charge in [-0.2, -0.15) is 0 Å². The maximum Gasteiger partial charge on any atom is 0.262 e. The number of carbonyl (C=O) groups is 2. The molecule has 0 fully saturated rings. The molecule has 2 aromatic carbocycles. The Kier molecular flexibility index (Phi) is 6.37. The van der Waals surface area contributed by atoms with E-state index in [0.29, 0.717) is 17.2 Å². The zero-order chi connectivity index (χ0) is 21.9. The van der Waals surface area contributed by atoms with E-state index in [1.54, 1.807) is 18.2 Å². The molecule has 0 saturated heterocycles. The monoisotopic (exact) mass is 454 g/mol. The van der Waals surface area contributed by atoms with Crippen molar-refractivity contribution in [1.82, 2.24) is 0 Å². The lowest BCUT2D eigenvalue weighted by atomic mass is 10.2. The highest BCUT2D eigenvalue weighted by Gasteiger charge is 2.25. The fourth-order valence-corrected chi connectivity index (χ4v) is 4.61. The second-order valence-electron chi connectivity index (χ2n) is 6.30. The Morgan fingerprint density at radius 1 is 1.23 bits per heavy atom. The molecule has 1 aliphatic heterocycles. The fraction of sp³-hybridized carbons (Fsp3) is 0.263. The molecule has 0 aromatic heterocycles. The van der Waals surface area contributed by atoms with Crippen LogP contribution in [0, 0.1) is 0 Å². The molecule has 0 bridgehead atoms. The number of rotatable bonds is 7. The van der Waals surface area contributed by atoms with Gasteiger partial charge in [-0.15, -0.1) is 0 Å². The van der Waals surface area contributed by atoms with Crippen molar-refractivity contribution in [3.8, 4) is 17.2 Å². The summed E-state index contributed by atoms with van der Waals surface area (Å²) in [5.41, 5.74) is 0.647. The fourth-order valence-electron chi connectivity index (χ4n) is 2.78. The molecule has 0 saturated carbocycles. The molecule has 0 aliphatic carbocycles. The predicted octanol–water partition coefficient (Wildman–Crippen LogP) is 2.49. The number of benzene rings is 2. The summed E-state index contributed by atoms with van der Waals surface area (Å²) < 4.78 is 41.0. The van der Waals surface area contributed by atoms with Gasteiger partial charge in [0.1, 0.15) is 17.2 Å². The van der Waals surface area contributed by atoms with Crippen molar-refractivity contribution in [3.63, 3.8) is 0 Å². The minimum Gasteiger partial charge on any atom is -0.497 e. The van der Waals surface area contributed by atoms with Crippen molar-refractivity contribution in [1.29, 1.82) is 0 Å². The molecule has 1 aliphatic rings. The molecule has 1 heterocycles. The standard InChI is InChI=1S/C19H19ClN2O7S/c1-27-11-3-4-15(28-2)13(7-11)21-18(23)5-6-30(25,26)17-9-16-14(8-12(17)20)22-19(24)10-29-16/h3-4,7-9H,5-6,10H2,1-2H3,(H,21,23)(H,22,24). The molecular formula is C19H19ClN2O7S. The van der Waals surface area contributed by atoms with Crippen molar-refractivity contribution < 1.29 is 32.2 Å². The Bertz CT molecular complexity index is 1100. The Labute approximate surface area is 178 Å². The number of methoxy groups -OCH3 is 2. The van der Waals surface area contributed by atoms with E-state index in [1.165, 1.54) is 26.4 Å². The SMILES string of the molecule is COc1ccc(OC)c(NC(=O)CCS(=O)(=O)c2cc3c(cc2Cl)NC(=O)CO3)c1. The summed E-state index contributed by atoms with van der Waals surface area (Å²) >= 11 is 6.09. The van der Waals surface area contributed by atoms with Gasteiger partial charge in [0, 0.05) is 18.6 Å². The zero-order valence-electron chi connectivity index (χ0n) is 16.2. The maximum absolute atomic E-state index is 12.7. The summed E-state index contributed by atoms with van der Waals surface area (Å²) in [4.78, 5) is 23.5. The Morgan fingerprint density at radius 2 is 2.00 bits per heavy atom. The first-order valence-electron chi connectivity index (χ1n) is 8.74. The van der Waals surface area contributed by atoms with Crippen LogP contribution >= 0.6 is 11.6 Å². The van der Waals surface area contributed by atoms with Gasteiger partial charge < -0.3 is 24.8 Å². The van der Waals surface area contributed by atoms with Crippen LogP contribution in [0.25, 0.3) is 0 Å². The number of ether oxygens (including phenoxy) is 3. The van der Waals surface area contributed by atoms with Crippen LogP contribution in [0.4, 0.5) is 11.4 Å². The third kappa shape index (κ3) is 4.77. The second-order valence-corrected chi connectivity index (χ2v) is 8.78. The normalized spacial score (nSPS) is 13.0. The van der Waals surface area contributed by atoms with Crippen molar-refractivity contribution in [2.24, 2.45) is 0 Å². The summed E-state index contributed by atoms with van der Waals surface area (Å²) in [6, 6.07) is 7.41. The first-order valence-corrected chi connectivity index (χ1v) is 10.8. The van der Waals surface area contributed by atoms with E-state index in [1.807, 2.05) is 0 Å². The number of anilines is 2. The van der Waals surface area contributed by atoms with Crippen molar-refractivity contribution in [2.45, 2.75) is 11.3 Å². The first-order chi connectivity index (χ1) is 14.2. The highest BCUT2D eigenvalue weighted by atomic mass is 35.5. The molecule has 0 unspecified atom stereocenters. The molecule has 3 rings (SSSR count). The highest BCUT2D eigenvalue weighted by molar-refractivity contribution is 7.91. The third-order valence-electron chi connectivity index (χ3n) is 4.28. The van der Waals surface area contributed by atoms with Gasteiger partial charge in [0.15, 0.2) is 16.4 Å². The van der Waals surface area contributed by atoms with E-state index in [-0.39, 0.29) is 40.3 Å². The van der Waals surface area contributed by atoms with E-state index < -0.39 is 21.5 Å². The number of nitrogens with one attached hydrogen (secondary N) is 2. The van der Waals surface area contributed by atoms with E-state index in [2.05, 4.69) is 10.6 Å². The molecule has 2 amide bonds. The number of halogens is 1. The van der Waals surface area contributed by atoms with Gasteiger partial charge in [0.05, 0.1) is 41.3 Å². The zero-order valence-corrected chi connectivity index (χ0v) is 17.7. The third-order valence-corrected chi connectivity index (χ3v) is 6.45. The van der Waals surface area contributed by atoms with Gasteiger partial charge in [-0.05, 0) is 18.2 Å². The molecule has 2 aromatic rings. The Balaban J connectivity index is 1.73. The van der Waals surface area contributed by atoms with Gasteiger partial charge in [-0.1, -0.05) is 11.6 Å². The number of sulfone groups is 1. The molecule has 30 heavy (non-hydrogen) atoms. The number of hydrogen-bond donors (Lipinski definition) is 2. The topological polar surface area (TPSA) is 120 Å². The smallest absolute Gasteiger partial charge is 0.262 e. The summed E-state index contributed by atoms with van der Waals surface area (Å²) in [6.07, 6.45) is -0.312. The molecular weight excluding hydrogens is 436 g/mol. The largest absolute Gasteiger partial charge is 0.497 e. The average molecular weight is 455 g/mol. The molecule has 11 heteroatoms. The van der Waals surface area contributed by atoms with Gasteiger partial charge in [-0.3, -0.25) is 9.59 Å². The Morgan fingerprint density at radius 3 is 2.70 bits per heavy atom. The summed E-state index contributed by atoms with van der Waals surface area (Å²) in [6.45, 7) is -0.223.